The van der Waals surface area contributed by atoms with Crippen molar-refractivity contribution in [3.63, 3.8) is 0 Å². The van der Waals surface area contributed by atoms with Crippen LogP contribution in [0.25, 0.3) is 5.69 Å². The molecule has 1 fully saturated rings. The number of amides is 1. The lowest BCUT2D eigenvalue weighted by Crippen LogP contribution is -2.39. The molecule has 1 heterocycles. The highest BCUT2D eigenvalue weighted by Gasteiger charge is 2.32. The molecule has 2 N–H and O–H groups in total. The van der Waals surface area contributed by atoms with Gasteiger partial charge in [0.2, 0.25) is 0 Å². The van der Waals surface area contributed by atoms with E-state index in [1.807, 2.05) is 0 Å². The van der Waals surface area contributed by atoms with E-state index in [2.05, 4.69) is 5.32 Å². The molecule has 6 heteroatoms. The van der Waals surface area contributed by atoms with Gasteiger partial charge in [-0.25, -0.2) is 0 Å². The Morgan fingerprint density at radius 3 is 2.55 bits per heavy atom. The molecule has 1 amide bonds. The number of carbonyl (C=O) groups is 1. The van der Waals surface area contributed by atoms with Gasteiger partial charge in [0.15, 0.2) is 0 Å². The predicted molar refractivity (Wildman–Crippen MR) is 86.9 cm³/mol. The second-order valence-electron chi connectivity index (χ2n) is 5.43. The first-order chi connectivity index (χ1) is 10.6. The molecule has 0 radical (unpaired) electrons. The number of aliphatic hydroxyl groups excluding tert-OH is 1. The molecular weight excluding hydrogens is 323 g/mol. The van der Waals surface area contributed by atoms with E-state index < -0.39 is 0 Å². The third-order valence-corrected chi connectivity index (χ3v) is 4.47. The number of benzene rings is 1. The van der Waals surface area contributed by atoms with Crippen molar-refractivity contribution in [2.45, 2.75) is 18.9 Å². The van der Waals surface area contributed by atoms with Gasteiger partial charge in [0.05, 0.1) is 28.4 Å². The highest BCUT2D eigenvalue weighted by molar-refractivity contribution is 6.37. The summed E-state index contributed by atoms with van der Waals surface area (Å²) < 4.78 is 1.67. The maximum atomic E-state index is 12.5. The summed E-state index contributed by atoms with van der Waals surface area (Å²) in [5, 5.41) is 13.2. The second kappa shape index (κ2) is 6.32. The molecule has 0 spiro atoms. The minimum Gasteiger partial charge on any atom is -0.394 e. The van der Waals surface area contributed by atoms with Crippen LogP contribution < -0.4 is 5.32 Å². The van der Waals surface area contributed by atoms with Crippen molar-refractivity contribution < 1.29 is 9.90 Å². The first-order valence-corrected chi connectivity index (χ1v) is 7.91. The lowest BCUT2D eigenvalue weighted by Gasteiger charge is -2.17. The quantitative estimate of drug-likeness (QED) is 0.878. The van der Waals surface area contributed by atoms with Crippen LogP contribution >= 0.6 is 23.2 Å². The Morgan fingerprint density at radius 2 is 1.95 bits per heavy atom. The summed E-state index contributed by atoms with van der Waals surface area (Å²) in [7, 11) is 0. The van der Waals surface area contributed by atoms with E-state index in [1.165, 1.54) is 0 Å². The van der Waals surface area contributed by atoms with Gasteiger partial charge in [-0.3, -0.25) is 4.79 Å². The lowest BCUT2D eigenvalue weighted by molar-refractivity contribution is 0.0901. The average Bonchev–Trinajstić information content (AvgIpc) is 3.22. The standard InChI is InChI=1S/C16H16Cl2N2O2/c17-11-3-1-4-12(18)15(11)20-8-2-5-14(20)16(22)19-13(9-21)10-6-7-10/h1-5,8,10,13,21H,6-7,9H2,(H,19,22). The molecule has 2 aromatic rings. The van der Waals surface area contributed by atoms with Crippen molar-refractivity contribution >= 4 is 29.1 Å². The Bertz CT molecular complexity index is 675. The van der Waals surface area contributed by atoms with Gasteiger partial charge in [-0.1, -0.05) is 29.3 Å². The molecule has 1 saturated carbocycles. The normalized spacial score (nSPS) is 15.6. The van der Waals surface area contributed by atoms with E-state index in [1.54, 1.807) is 41.1 Å². The number of aliphatic hydroxyl groups is 1. The van der Waals surface area contributed by atoms with Gasteiger partial charge in [-0.2, -0.15) is 0 Å². The third kappa shape index (κ3) is 3.00. The maximum Gasteiger partial charge on any atom is 0.268 e. The Hall–Kier alpha value is -1.49. The number of hydrogen-bond donors (Lipinski definition) is 2. The number of halogens is 2. The smallest absolute Gasteiger partial charge is 0.268 e. The van der Waals surface area contributed by atoms with E-state index in [0.29, 0.717) is 27.3 Å². The summed E-state index contributed by atoms with van der Waals surface area (Å²) in [5.74, 6) is 0.133. The Labute approximate surface area is 138 Å². The van der Waals surface area contributed by atoms with Crippen LogP contribution in [0, 0.1) is 5.92 Å². The fourth-order valence-electron chi connectivity index (χ4n) is 2.53. The van der Waals surface area contributed by atoms with E-state index >= 15 is 0 Å². The summed E-state index contributed by atoms with van der Waals surface area (Å²) in [5.41, 5.74) is 1.02. The van der Waals surface area contributed by atoms with Crippen LogP contribution in [-0.4, -0.2) is 28.2 Å². The van der Waals surface area contributed by atoms with Gasteiger partial charge in [-0.05, 0) is 43.0 Å². The van der Waals surface area contributed by atoms with Crippen LogP contribution in [0.3, 0.4) is 0 Å². The highest BCUT2D eigenvalue weighted by atomic mass is 35.5. The monoisotopic (exact) mass is 338 g/mol. The van der Waals surface area contributed by atoms with Crippen molar-refractivity contribution in [3.8, 4) is 5.69 Å². The third-order valence-electron chi connectivity index (χ3n) is 3.86. The van der Waals surface area contributed by atoms with Crippen molar-refractivity contribution in [1.82, 2.24) is 9.88 Å². The second-order valence-corrected chi connectivity index (χ2v) is 6.25. The lowest BCUT2D eigenvalue weighted by atomic mass is 10.2. The number of rotatable bonds is 5. The molecule has 22 heavy (non-hydrogen) atoms. The van der Waals surface area contributed by atoms with Gasteiger partial charge < -0.3 is 15.0 Å². The Morgan fingerprint density at radius 1 is 1.27 bits per heavy atom. The highest BCUT2D eigenvalue weighted by Crippen LogP contribution is 2.33. The van der Waals surface area contributed by atoms with Crippen LogP contribution in [0.1, 0.15) is 23.3 Å². The number of para-hydroxylation sites is 1. The summed E-state index contributed by atoms with van der Waals surface area (Å²) >= 11 is 12.4. The Balaban J connectivity index is 1.90. The summed E-state index contributed by atoms with van der Waals surface area (Å²) in [6, 6.07) is 8.48. The number of carbonyl (C=O) groups excluding carboxylic acids is 1. The SMILES string of the molecule is O=C(NC(CO)C1CC1)c1cccn1-c1c(Cl)cccc1Cl. The molecule has 1 aliphatic rings. The van der Waals surface area contributed by atoms with Crippen molar-refractivity contribution in [2.75, 3.05) is 6.61 Å². The number of nitrogens with zero attached hydrogens (tertiary/aromatic N) is 1. The summed E-state index contributed by atoms with van der Waals surface area (Å²) in [6.07, 6.45) is 3.83. The van der Waals surface area contributed by atoms with Gasteiger partial charge in [0.25, 0.3) is 5.91 Å². The topological polar surface area (TPSA) is 54.3 Å². The molecule has 3 rings (SSSR count). The molecule has 0 aliphatic heterocycles. The predicted octanol–water partition coefficient (Wildman–Crippen LogP) is 3.28. The van der Waals surface area contributed by atoms with Crippen molar-refractivity contribution in [1.29, 1.82) is 0 Å². The first-order valence-electron chi connectivity index (χ1n) is 7.15. The number of nitrogens with one attached hydrogen (secondary N) is 1. The number of hydrogen-bond acceptors (Lipinski definition) is 2. The zero-order chi connectivity index (χ0) is 15.7. The molecular formula is C16H16Cl2N2O2. The zero-order valence-electron chi connectivity index (χ0n) is 11.8. The van der Waals surface area contributed by atoms with E-state index in [0.717, 1.165) is 12.8 Å². The van der Waals surface area contributed by atoms with E-state index in [-0.39, 0.29) is 18.6 Å². The van der Waals surface area contributed by atoms with Crippen LogP contribution in [0.4, 0.5) is 0 Å². The Kier molecular flexibility index (Phi) is 4.43. The van der Waals surface area contributed by atoms with E-state index in [9.17, 15) is 9.90 Å². The van der Waals surface area contributed by atoms with Gasteiger partial charge in [0.1, 0.15) is 5.69 Å². The van der Waals surface area contributed by atoms with Gasteiger partial charge >= 0.3 is 0 Å². The zero-order valence-corrected chi connectivity index (χ0v) is 13.3. The molecule has 116 valence electrons. The maximum absolute atomic E-state index is 12.5. The molecule has 1 aromatic heterocycles. The summed E-state index contributed by atoms with van der Waals surface area (Å²) in [6.45, 7) is -0.0516. The minimum absolute atomic E-state index is 0.0516. The van der Waals surface area contributed by atoms with Crippen LogP contribution in [0.15, 0.2) is 36.5 Å². The summed E-state index contributed by atoms with van der Waals surface area (Å²) in [4.78, 5) is 12.5. The largest absolute Gasteiger partial charge is 0.394 e. The van der Waals surface area contributed by atoms with Crippen LogP contribution in [0.2, 0.25) is 10.0 Å². The molecule has 0 bridgehead atoms. The minimum atomic E-state index is -0.244. The average molecular weight is 339 g/mol. The van der Waals surface area contributed by atoms with E-state index in [4.69, 9.17) is 23.2 Å². The van der Waals surface area contributed by atoms with Crippen molar-refractivity contribution in [2.24, 2.45) is 5.92 Å². The molecule has 4 nitrogen and oxygen atoms in total. The number of aromatic nitrogens is 1. The van der Waals surface area contributed by atoms with Gasteiger partial charge in [0, 0.05) is 6.20 Å². The van der Waals surface area contributed by atoms with Crippen molar-refractivity contribution in [3.05, 3.63) is 52.3 Å². The molecule has 1 atom stereocenters. The molecule has 1 aromatic carbocycles. The fraction of sp³-hybridized carbons (Fsp3) is 0.312. The molecule has 0 saturated heterocycles. The van der Waals surface area contributed by atoms with Crippen LogP contribution in [0.5, 0.6) is 0 Å². The van der Waals surface area contributed by atoms with Crippen LogP contribution in [-0.2, 0) is 0 Å². The molecule has 1 aliphatic carbocycles. The fourth-order valence-corrected chi connectivity index (χ4v) is 3.11. The first kappa shape index (κ1) is 15.4. The molecule has 1 unspecified atom stereocenters. The van der Waals surface area contributed by atoms with Gasteiger partial charge in [-0.15, -0.1) is 0 Å².